The van der Waals surface area contributed by atoms with Crippen LogP contribution in [0, 0.1) is 11.6 Å². The summed E-state index contributed by atoms with van der Waals surface area (Å²) in [5.41, 5.74) is 2.15. The van der Waals surface area contributed by atoms with E-state index >= 15 is 0 Å². The Kier molecular flexibility index (Phi) is 4.16. The van der Waals surface area contributed by atoms with Crippen LogP contribution in [0.2, 0.25) is 10.0 Å². The van der Waals surface area contributed by atoms with Crippen LogP contribution in [0.25, 0.3) is 11.1 Å². The first-order chi connectivity index (χ1) is 10.0. The topological polar surface area (TPSA) is 12.0 Å². The lowest BCUT2D eigenvalue weighted by atomic mass is 9.99. The van der Waals surface area contributed by atoms with Gasteiger partial charge >= 0.3 is 0 Å². The van der Waals surface area contributed by atoms with Gasteiger partial charge < -0.3 is 5.32 Å². The molecule has 0 unspecified atom stereocenters. The molecule has 0 saturated heterocycles. The van der Waals surface area contributed by atoms with Gasteiger partial charge in [0.05, 0.1) is 5.02 Å². The van der Waals surface area contributed by atoms with Crippen LogP contribution in [0.5, 0.6) is 0 Å². The summed E-state index contributed by atoms with van der Waals surface area (Å²) in [5.74, 6) is -1.86. The van der Waals surface area contributed by atoms with Crippen LogP contribution in [0.3, 0.4) is 0 Å². The summed E-state index contributed by atoms with van der Waals surface area (Å²) in [7, 11) is 0. The third-order valence-corrected chi connectivity index (χ3v) is 4.07. The summed E-state index contributed by atoms with van der Waals surface area (Å²) in [6, 6.07) is 7.99. The van der Waals surface area contributed by atoms with Crippen molar-refractivity contribution < 1.29 is 8.78 Å². The van der Waals surface area contributed by atoms with E-state index in [-0.39, 0.29) is 5.02 Å². The fraction of sp³-hybridized carbons (Fsp3) is 0.250. The molecule has 5 heteroatoms. The van der Waals surface area contributed by atoms with Crippen LogP contribution >= 0.6 is 23.2 Å². The molecule has 1 fully saturated rings. The van der Waals surface area contributed by atoms with E-state index in [1.807, 2.05) is 6.07 Å². The van der Waals surface area contributed by atoms with Crippen LogP contribution in [0.4, 0.5) is 8.78 Å². The van der Waals surface area contributed by atoms with Crippen molar-refractivity contribution >= 4 is 23.2 Å². The number of rotatable bonds is 4. The van der Waals surface area contributed by atoms with Gasteiger partial charge in [0.2, 0.25) is 0 Å². The average Bonchev–Trinajstić information content (AvgIpc) is 3.25. The molecule has 2 aromatic rings. The molecule has 3 rings (SSSR count). The Labute approximate surface area is 131 Å². The molecule has 0 bridgehead atoms. The predicted molar refractivity (Wildman–Crippen MR) is 81.7 cm³/mol. The second-order valence-electron chi connectivity index (χ2n) is 5.20. The monoisotopic (exact) mass is 327 g/mol. The standard InChI is InChI=1S/C16H13Cl2F2N/c17-10-1-4-12(9(5-10)8-21-11-2-3-11)13-6-15(19)16(20)7-14(13)18/h1,4-7,11,21H,2-3,8H2. The molecule has 1 aliphatic rings. The summed E-state index contributed by atoms with van der Waals surface area (Å²) in [6.45, 7) is 0.621. The summed E-state index contributed by atoms with van der Waals surface area (Å²) >= 11 is 12.1. The number of hydrogen-bond donors (Lipinski definition) is 1. The Hall–Kier alpha value is -1.16. The summed E-state index contributed by atoms with van der Waals surface area (Å²) in [4.78, 5) is 0. The van der Waals surface area contributed by atoms with Crippen molar-refractivity contribution in [3.63, 3.8) is 0 Å². The molecular weight excluding hydrogens is 315 g/mol. The summed E-state index contributed by atoms with van der Waals surface area (Å²) < 4.78 is 26.7. The SMILES string of the molecule is Fc1cc(Cl)c(-c2ccc(Cl)cc2CNC2CC2)cc1F. The summed E-state index contributed by atoms with van der Waals surface area (Å²) in [5, 5.41) is 4.17. The number of benzene rings is 2. The third-order valence-electron chi connectivity index (χ3n) is 3.53. The van der Waals surface area contributed by atoms with Gasteiger partial charge in [0.25, 0.3) is 0 Å². The Balaban J connectivity index is 2.02. The van der Waals surface area contributed by atoms with Crippen molar-refractivity contribution in [2.75, 3.05) is 0 Å². The largest absolute Gasteiger partial charge is 0.310 e. The van der Waals surface area contributed by atoms with Gasteiger partial charge in [-0.15, -0.1) is 0 Å². The van der Waals surface area contributed by atoms with Gasteiger partial charge in [-0.1, -0.05) is 29.3 Å². The number of hydrogen-bond acceptors (Lipinski definition) is 1. The van der Waals surface area contributed by atoms with Gasteiger partial charge in [-0.2, -0.15) is 0 Å². The minimum atomic E-state index is -0.949. The van der Waals surface area contributed by atoms with Crippen molar-refractivity contribution in [3.05, 3.63) is 57.6 Å². The Bertz CT molecular complexity index is 684. The highest BCUT2D eigenvalue weighted by molar-refractivity contribution is 6.33. The zero-order chi connectivity index (χ0) is 15.0. The number of halogens is 4. The first-order valence-corrected chi connectivity index (χ1v) is 7.47. The van der Waals surface area contributed by atoms with Crippen molar-refractivity contribution in [2.45, 2.75) is 25.4 Å². The Morgan fingerprint density at radius 3 is 2.43 bits per heavy atom. The van der Waals surface area contributed by atoms with E-state index in [0.717, 1.165) is 23.3 Å². The van der Waals surface area contributed by atoms with E-state index in [4.69, 9.17) is 23.2 Å². The zero-order valence-corrected chi connectivity index (χ0v) is 12.6. The molecule has 0 amide bonds. The van der Waals surface area contributed by atoms with Crippen LogP contribution in [0.1, 0.15) is 18.4 Å². The van der Waals surface area contributed by atoms with E-state index in [9.17, 15) is 8.78 Å². The van der Waals surface area contributed by atoms with Crippen molar-refractivity contribution in [2.24, 2.45) is 0 Å². The van der Waals surface area contributed by atoms with Gasteiger partial charge in [0.1, 0.15) is 0 Å². The first-order valence-electron chi connectivity index (χ1n) is 6.71. The van der Waals surface area contributed by atoms with Gasteiger partial charge in [-0.25, -0.2) is 8.78 Å². The molecule has 1 aliphatic carbocycles. The maximum absolute atomic E-state index is 13.5. The summed E-state index contributed by atoms with van der Waals surface area (Å²) in [6.07, 6.45) is 2.34. The lowest BCUT2D eigenvalue weighted by Gasteiger charge is -2.13. The lowest BCUT2D eigenvalue weighted by molar-refractivity contribution is 0.509. The molecule has 2 aromatic carbocycles. The molecule has 0 aliphatic heterocycles. The molecule has 1 saturated carbocycles. The van der Waals surface area contributed by atoms with Crippen molar-refractivity contribution in [1.82, 2.24) is 5.32 Å². The highest BCUT2D eigenvalue weighted by Crippen LogP contribution is 2.34. The normalized spacial score (nSPS) is 14.5. The average molecular weight is 328 g/mol. The van der Waals surface area contributed by atoms with Crippen molar-refractivity contribution in [1.29, 1.82) is 0 Å². The second-order valence-corrected chi connectivity index (χ2v) is 6.05. The Morgan fingerprint density at radius 2 is 1.71 bits per heavy atom. The quantitative estimate of drug-likeness (QED) is 0.762. The highest BCUT2D eigenvalue weighted by atomic mass is 35.5. The van der Waals surface area contributed by atoms with Gasteiger partial charge in [0, 0.05) is 23.2 Å². The maximum atomic E-state index is 13.5. The van der Waals surface area contributed by atoms with Crippen LogP contribution in [-0.2, 0) is 6.54 Å². The smallest absolute Gasteiger partial charge is 0.160 e. The molecule has 0 heterocycles. The minimum Gasteiger partial charge on any atom is -0.310 e. The molecule has 1 N–H and O–H groups in total. The molecular formula is C16H13Cl2F2N. The van der Waals surface area contributed by atoms with E-state index in [1.54, 1.807) is 12.1 Å². The van der Waals surface area contributed by atoms with Crippen LogP contribution < -0.4 is 5.32 Å². The van der Waals surface area contributed by atoms with Crippen LogP contribution in [0.15, 0.2) is 30.3 Å². The molecule has 0 aromatic heterocycles. The fourth-order valence-corrected chi connectivity index (χ4v) is 2.69. The fourth-order valence-electron chi connectivity index (χ4n) is 2.24. The van der Waals surface area contributed by atoms with E-state index in [0.29, 0.717) is 23.2 Å². The Morgan fingerprint density at radius 1 is 1.00 bits per heavy atom. The molecule has 0 radical (unpaired) electrons. The first kappa shape index (κ1) is 14.8. The molecule has 110 valence electrons. The van der Waals surface area contributed by atoms with E-state index in [1.165, 1.54) is 12.8 Å². The third kappa shape index (κ3) is 3.37. The van der Waals surface area contributed by atoms with Crippen LogP contribution in [-0.4, -0.2) is 6.04 Å². The zero-order valence-electron chi connectivity index (χ0n) is 11.1. The number of nitrogens with one attached hydrogen (secondary N) is 1. The molecule has 1 nitrogen and oxygen atoms in total. The second kappa shape index (κ2) is 5.91. The van der Waals surface area contributed by atoms with E-state index < -0.39 is 11.6 Å². The van der Waals surface area contributed by atoms with Gasteiger partial charge in [0.15, 0.2) is 11.6 Å². The molecule has 21 heavy (non-hydrogen) atoms. The maximum Gasteiger partial charge on any atom is 0.160 e. The molecule has 0 spiro atoms. The van der Waals surface area contributed by atoms with Gasteiger partial charge in [-0.3, -0.25) is 0 Å². The minimum absolute atomic E-state index is 0.184. The van der Waals surface area contributed by atoms with Gasteiger partial charge in [-0.05, 0) is 48.2 Å². The van der Waals surface area contributed by atoms with E-state index in [2.05, 4.69) is 5.32 Å². The van der Waals surface area contributed by atoms with Crippen molar-refractivity contribution in [3.8, 4) is 11.1 Å². The highest BCUT2D eigenvalue weighted by Gasteiger charge is 2.21. The lowest BCUT2D eigenvalue weighted by Crippen LogP contribution is -2.16. The predicted octanol–water partition coefficient (Wildman–Crippen LogP) is 5.19. The molecule has 0 atom stereocenters.